The van der Waals surface area contributed by atoms with Crippen molar-refractivity contribution in [1.29, 1.82) is 0 Å². The smallest absolute Gasteiger partial charge is 0.321 e. The third-order valence-electron chi connectivity index (χ3n) is 2.37. The summed E-state index contributed by atoms with van der Waals surface area (Å²) >= 11 is 1.30. The molecule has 1 heterocycles. The van der Waals surface area contributed by atoms with Gasteiger partial charge < -0.3 is 25.8 Å². The number of nitrogens with two attached hydrogens (primary N) is 1. The molecule has 1 aliphatic rings. The summed E-state index contributed by atoms with van der Waals surface area (Å²) in [4.78, 5) is 10.4. The average molecular weight is 251 g/mol. The lowest BCUT2D eigenvalue weighted by Crippen LogP contribution is -2.41. The molecule has 0 radical (unpaired) electrons. The van der Waals surface area contributed by atoms with Gasteiger partial charge in [0.1, 0.15) is 6.04 Å². The predicted octanol–water partition coefficient (Wildman–Crippen LogP) is -1.01. The van der Waals surface area contributed by atoms with E-state index in [-0.39, 0.29) is 5.75 Å². The van der Waals surface area contributed by atoms with Gasteiger partial charge in [-0.05, 0) is 6.42 Å². The van der Waals surface area contributed by atoms with Crippen molar-refractivity contribution in [3.05, 3.63) is 0 Å². The zero-order valence-electron chi connectivity index (χ0n) is 8.78. The minimum absolute atomic E-state index is 0.262. The quantitative estimate of drug-likeness (QED) is 0.495. The van der Waals surface area contributed by atoms with Crippen LogP contribution in [0.4, 0.5) is 0 Å². The maximum Gasteiger partial charge on any atom is 0.321 e. The van der Waals surface area contributed by atoms with Crippen LogP contribution in [-0.2, 0) is 9.53 Å². The molecule has 0 aliphatic carbocycles. The number of aliphatic hydroxyl groups excluding tert-OH is 2. The highest BCUT2D eigenvalue weighted by molar-refractivity contribution is 7.99. The topological polar surface area (TPSA) is 113 Å². The Morgan fingerprint density at radius 2 is 2.19 bits per heavy atom. The first kappa shape index (κ1) is 13.7. The first-order valence-electron chi connectivity index (χ1n) is 5.08. The second-order valence-electron chi connectivity index (χ2n) is 3.76. The van der Waals surface area contributed by atoms with Crippen LogP contribution in [0.5, 0.6) is 0 Å². The van der Waals surface area contributed by atoms with Crippen LogP contribution in [0, 0.1) is 0 Å². The number of hydrogen-bond donors (Lipinski definition) is 4. The molecule has 7 heteroatoms. The molecular weight excluding hydrogens is 234 g/mol. The van der Waals surface area contributed by atoms with Crippen molar-refractivity contribution in [2.45, 2.75) is 37.4 Å². The first-order valence-corrected chi connectivity index (χ1v) is 6.24. The average Bonchev–Trinajstić information content (AvgIpc) is 2.22. The molecule has 6 nitrogen and oxygen atoms in total. The van der Waals surface area contributed by atoms with Crippen LogP contribution < -0.4 is 5.73 Å². The standard InChI is InChI=1S/C9H17NO5S/c10-5(9(13)14)3-16-4-7-6(11)1-2-8(12)15-7/h5-8,11-12H,1-4,10H2,(H,13,14)/t5?,6-,7?,8-/m0/s1. The largest absolute Gasteiger partial charge is 0.480 e. The summed E-state index contributed by atoms with van der Waals surface area (Å²) in [7, 11) is 0. The van der Waals surface area contributed by atoms with Gasteiger partial charge >= 0.3 is 5.97 Å². The Labute approximate surface area is 97.8 Å². The number of thioether (sulfide) groups is 1. The Kier molecular flexibility index (Phi) is 5.50. The van der Waals surface area contributed by atoms with Gasteiger partial charge in [0.05, 0.1) is 12.2 Å². The highest BCUT2D eigenvalue weighted by Gasteiger charge is 2.28. The number of aliphatic carboxylic acids is 1. The molecule has 1 rings (SSSR count). The number of carbonyl (C=O) groups is 1. The number of carboxylic acids is 1. The third-order valence-corrected chi connectivity index (χ3v) is 3.53. The van der Waals surface area contributed by atoms with Crippen LogP contribution >= 0.6 is 11.8 Å². The SMILES string of the molecule is NC(CSCC1O[C@H](O)CC[C@@H]1O)C(=O)O. The lowest BCUT2D eigenvalue weighted by atomic mass is 10.1. The minimum Gasteiger partial charge on any atom is -0.480 e. The van der Waals surface area contributed by atoms with Gasteiger partial charge in [0.2, 0.25) is 0 Å². The fraction of sp³-hybridized carbons (Fsp3) is 0.889. The Hall–Kier alpha value is -0.340. The maximum atomic E-state index is 10.4. The molecule has 0 aromatic heterocycles. The lowest BCUT2D eigenvalue weighted by molar-refractivity contribution is -0.190. The van der Waals surface area contributed by atoms with Crippen molar-refractivity contribution in [1.82, 2.24) is 0 Å². The van der Waals surface area contributed by atoms with Gasteiger partial charge in [0, 0.05) is 17.9 Å². The van der Waals surface area contributed by atoms with E-state index in [9.17, 15) is 15.0 Å². The zero-order chi connectivity index (χ0) is 12.1. The molecule has 0 aromatic rings. The molecule has 5 N–H and O–H groups in total. The van der Waals surface area contributed by atoms with E-state index < -0.39 is 30.5 Å². The first-order chi connectivity index (χ1) is 7.50. The van der Waals surface area contributed by atoms with E-state index in [1.807, 2.05) is 0 Å². The van der Waals surface area contributed by atoms with E-state index in [0.717, 1.165) is 0 Å². The third kappa shape index (κ3) is 4.26. The molecule has 1 saturated heterocycles. The Morgan fingerprint density at radius 1 is 1.50 bits per heavy atom. The van der Waals surface area contributed by atoms with Gasteiger partial charge in [0.25, 0.3) is 0 Å². The van der Waals surface area contributed by atoms with Crippen molar-refractivity contribution in [2.24, 2.45) is 5.73 Å². The molecule has 0 amide bonds. The summed E-state index contributed by atoms with van der Waals surface area (Å²) in [6, 6.07) is -0.907. The molecule has 0 saturated carbocycles. The van der Waals surface area contributed by atoms with Crippen LogP contribution in [0.15, 0.2) is 0 Å². The van der Waals surface area contributed by atoms with Gasteiger partial charge in [-0.25, -0.2) is 0 Å². The maximum absolute atomic E-state index is 10.4. The van der Waals surface area contributed by atoms with Crippen molar-refractivity contribution in [2.75, 3.05) is 11.5 Å². The summed E-state index contributed by atoms with van der Waals surface area (Å²) in [5.74, 6) is -0.352. The van der Waals surface area contributed by atoms with Gasteiger partial charge in [-0.3, -0.25) is 4.79 Å². The molecule has 16 heavy (non-hydrogen) atoms. The molecule has 1 fully saturated rings. The molecule has 2 unspecified atom stereocenters. The van der Waals surface area contributed by atoms with Crippen molar-refractivity contribution >= 4 is 17.7 Å². The predicted molar refractivity (Wildman–Crippen MR) is 59.1 cm³/mol. The molecular formula is C9H17NO5S. The molecule has 0 spiro atoms. The summed E-state index contributed by atoms with van der Waals surface area (Å²) < 4.78 is 5.14. The Bertz CT molecular complexity index is 240. The van der Waals surface area contributed by atoms with E-state index in [1.165, 1.54) is 11.8 Å². The van der Waals surface area contributed by atoms with E-state index in [2.05, 4.69) is 0 Å². The number of ether oxygens (including phenoxy) is 1. The molecule has 94 valence electrons. The summed E-state index contributed by atoms with van der Waals surface area (Å²) in [6.07, 6.45) is -0.956. The van der Waals surface area contributed by atoms with Crippen LogP contribution in [0.3, 0.4) is 0 Å². The van der Waals surface area contributed by atoms with Crippen molar-refractivity contribution < 1.29 is 24.9 Å². The molecule has 4 atom stereocenters. The normalized spacial score (nSPS) is 32.3. The second kappa shape index (κ2) is 6.41. The molecule has 0 bridgehead atoms. The number of rotatable bonds is 5. The Morgan fingerprint density at radius 3 is 2.81 bits per heavy atom. The van der Waals surface area contributed by atoms with Gasteiger partial charge in [-0.15, -0.1) is 0 Å². The van der Waals surface area contributed by atoms with E-state index >= 15 is 0 Å². The number of hydrogen-bond acceptors (Lipinski definition) is 6. The van der Waals surface area contributed by atoms with Crippen LogP contribution in [0.25, 0.3) is 0 Å². The Balaban J connectivity index is 2.23. The van der Waals surface area contributed by atoms with E-state index in [0.29, 0.717) is 18.6 Å². The van der Waals surface area contributed by atoms with Crippen molar-refractivity contribution in [3.63, 3.8) is 0 Å². The van der Waals surface area contributed by atoms with Crippen LogP contribution in [0.2, 0.25) is 0 Å². The number of aliphatic hydroxyl groups is 2. The molecule has 0 aromatic carbocycles. The van der Waals surface area contributed by atoms with Crippen LogP contribution in [-0.4, -0.2) is 57.3 Å². The highest BCUT2D eigenvalue weighted by atomic mass is 32.2. The summed E-state index contributed by atoms with van der Waals surface area (Å²) in [5.41, 5.74) is 5.32. The molecule has 1 aliphatic heterocycles. The van der Waals surface area contributed by atoms with Crippen molar-refractivity contribution in [3.8, 4) is 0 Å². The van der Waals surface area contributed by atoms with Crippen LogP contribution in [0.1, 0.15) is 12.8 Å². The minimum atomic E-state index is -1.04. The van der Waals surface area contributed by atoms with Gasteiger partial charge in [0.15, 0.2) is 6.29 Å². The number of carboxylic acid groups (broad SMARTS) is 1. The fourth-order valence-electron chi connectivity index (χ4n) is 1.39. The fourth-order valence-corrected chi connectivity index (χ4v) is 2.46. The lowest BCUT2D eigenvalue weighted by Gasteiger charge is -2.31. The van der Waals surface area contributed by atoms with E-state index in [1.54, 1.807) is 0 Å². The zero-order valence-corrected chi connectivity index (χ0v) is 9.60. The summed E-state index contributed by atoms with van der Waals surface area (Å²) in [5, 5.41) is 27.4. The second-order valence-corrected chi connectivity index (χ2v) is 4.83. The van der Waals surface area contributed by atoms with Gasteiger partial charge in [-0.1, -0.05) is 0 Å². The highest BCUT2D eigenvalue weighted by Crippen LogP contribution is 2.21. The monoisotopic (exact) mass is 251 g/mol. The summed E-state index contributed by atoms with van der Waals surface area (Å²) in [6.45, 7) is 0. The van der Waals surface area contributed by atoms with E-state index in [4.69, 9.17) is 15.6 Å². The van der Waals surface area contributed by atoms with Gasteiger partial charge in [-0.2, -0.15) is 11.8 Å².